The van der Waals surface area contributed by atoms with Crippen LogP contribution in [0.3, 0.4) is 0 Å². The Morgan fingerprint density at radius 3 is 2.71 bits per heavy atom. The molecule has 1 atom stereocenters. The highest BCUT2D eigenvalue weighted by molar-refractivity contribution is 6.26. The van der Waals surface area contributed by atoms with Crippen LogP contribution >= 0.6 is 0 Å². The molecule has 1 aliphatic rings. The lowest BCUT2D eigenvalue weighted by Crippen LogP contribution is -2.53. The number of aliphatic hydroxyl groups is 1. The van der Waals surface area contributed by atoms with E-state index in [0.29, 0.717) is 17.7 Å². The maximum absolute atomic E-state index is 12.1. The number of hydrogen-bond acceptors (Lipinski definition) is 3. The fourth-order valence-corrected chi connectivity index (χ4v) is 2.00. The largest absolute Gasteiger partial charge is 0.373 e. The second-order valence-corrected chi connectivity index (χ2v) is 4.29. The first-order chi connectivity index (χ1) is 8.09. The summed E-state index contributed by atoms with van der Waals surface area (Å²) in [6.45, 7) is 1.95. The zero-order chi connectivity index (χ0) is 12.5. The van der Waals surface area contributed by atoms with E-state index in [2.05, 4.69) is 5.32 Å². The van der Waals surface area contributed by atoms with Gasteiger partial charge in [0.25, 0.3) is 5.91 Å². The van der Waals surface area contributed by atoms with E-state index in [1.54, 1.807) is 24.3 Å². The minimum atomic E-state index is -1.90. The van der Waals surface area contributed by atoms with Gasteiger partial charge in [0, 0.05) is 5.56 Å². The zero-order valence-electron chi connectivity index (χ0n) is 9.69. The number of ketones is 1. The van der Waals surface area contributed by atoms with E-state index in [-0.39, 0.29) is 6.42 Å². The fraction of sp³-hybridized carbons (Fsp3) is 0.385. The van der Waals surface area contributed by atoms with Crippen LogP contribution in [0.2, 0.25) is 0 Å². The van der Waals surface area contributed by atoms with Crippen LogP contribution in [0, 0.1) is 0 Å². The highest BCUT2D eigenvalue weighted by Crippen LogP contribution is 2.30. The van der Waals surface area contributed by atoms with Gasteiger partial charge in [-0.1, -0.05) is 25.5 Å². The molecule has 17 heavy (non-hydrogen) atoms. The number of fused-ring (bicyclic) bond motifs is 1. The Morgan fingerprint density at radius 1 is 1.29 bits per heavy atom. The zero-order valence-corrected chi connectivity index (χ0v) is 9.69. The van der Waals surface area contributed by atoms with Crippen molar-refractivity contribution in [3.05, 3.63) is 29.8 Å². The lowest BCUT2D eigenvalue weighted by molar-refractivity contribution is -0.130. The van der Waals surface area contributed by atoms with Crippen molar-refractivity contribution in [1.29, 1.82) is 0 Å². The van der Waals surface area contributed by atoms with Crippen molar-refractivity contribution in [1.82, 2.24) is 0 Å². The van der Waals surface area contributed by atoms with Gasteiger partial charge in [0.1, 0.15) is 0 Å². The van der Waals surface area contributed by atoms with Crippen molar-refractivity contribution in [2.24, 2.45) is 0 Å². The van der Waals surface area contributed by atoms with Gasteiger partial charge in [-0.25, -0.2) is 0 Å². The number of amides is 1. The van der Waals surface area contributed by atoms with Crippen LogP contribution in [0.15, 0.2) is 24.3 Å². The van der Waals surface area contributed by atoms with E-state index >= 15 is 0 Å². The Kier molecular flexibility index (Phi) is 2.98. The molecule has 0 spiro atoms. The highest BCUT2D eigenvalue weighted by Gasteiger charge is 2.47. The number of anilines is 1. The second kappa shape index (κ2) is 4.30. The molecule has 1 aromatic rings. The lowest BCUT2D eigenvalue weighted by atomic mass is 9.83. The average Bonchev–Trinajstić information content (AvgIpc) is 2.34. The summed E-state index contributed by atoms with van der Waals surface area (Å²) in [5.41, 5.74) is -1.04. The number of carbonyl (C=O) groups excluding carboxylic acids is 2. The van der Waals surface area contributed by atoms with Crippen molar-refractivity contribution >= 4 is 17.4 Å². The molecule has 0 aromatic heterocycles. The summed E-state index contributed by atoms with van der Waals surface area (Å²) in [5.74, 6) is -1.11. The standard InChI is InChI=1S/C13H15NO3/c1-2-3-8-13(17)11(15)9-6-4-5-7-10(9)14-12(13)16/h4-7,17H,2-3,8H2,1H3,(H,14,16). The van der Waals surface area contributed by atoms with E-state index in [1.807, 2.05) is 6.92 Å². The van der Waals surface area contributed by atoms with Crippen molar-refractivity contribution < 1.29 is 14.7 Å². The van der Waals surface area contributed by atoms with Gasteiger partial charge in [-0.15, -0.1) is 0 Å². The molecule has 0 aliphatic carbocycles. The summed E-state index contributed by atoms with van der Waals surface area (Å²) in [6, 6.07) is 6.73. The fourth-order valence-electron chi connectivity index (χ4n) is 2.00. The molecule has 2 N–H and O–H groups in total. The summed E-state index contributed by atoms with van der Waals surface area (Å²) in [5, 5.41) is 12.8. The summed E-state index contributed by atoms with van der Waals surface area (Å²) in [6.07, 6.45) is 1.63. The molecule has 1 aromatic carbocycles. The molecule has 2 rings (SSSR count). The highest BCUT2D eigenvalue weighted by atomic mass is 16.3. The Balaban J connectivity index is 2.39. The molecule has 4 heteroatoms. The molecule has 4 nitrogen and oxygen atoms in total. The topological polar surface area (TPSA) is 66.4 Å². The van der Waals surface area contributed by atoms with Crippen LogP contribution in [-0.4, -0.2) is 22.4 Å². The predicted octanol–water partition coefficient (Wildman–Crippen LogP) is 1.74. The third-order valence-electron chi connectivity index (χ3n) is 3.06. The molecule has 0 saturated carbocycles. The van der Waals surface area contributed by atoms with Crippen LogP contribution in [-0.2, 0) is 4.79 Å². The molecule has 1 unspecified atom stereocenters. The summed E-state index contributed by atoms with van der Waals surface area (Å²) >= 11 is 0. The predicted molar refractivity (Wildman–Crippen MR) is 63.9 cm³/mol. The Bertz CT molecular complexity index is 469. The minimum absolute atomic E-state index is 0.169. The van der Waals surface area contributed by atoms with E-state index in [1.165, 1.54) is 0 Å². The van der Waals surface area contributed by atoms with Gasteiger partial charge < -0.3 is 10.4 Å². The number of carbonyl (C=O) groups is 2. The smallest absolute Gasteiger partial charge is 0.264 e. The summed E-state index contributed by atoms with van der Waals surface area (Å²) in [7, 11) is 0. The molecule has 1 amide bonds. The number of rotatable bonds is 3. The van der Waals surface area contributed by atoms with Gasteiger partial charge in [0.15, 0.2) is 0 Å². The molecular formula is C13H15NO3. The minimum Gasteiger partial charge on any atom is -0.373 e. The molecule has 0 bridgehead atoms. The summed E-state index contributed by atoms with van der Waals surface area (Å²) in [4.78, 5) is 24.0. The van der Waals surface area contributed by atoms with E-state index in [9.17, 15) is 14.7 Å². The third-order valence-corrected chi connectivity index (χ3v) is 3.06. The van der Waals surface area contributed by atoms with Crippen LogP contribution in [0.4, 0.5) is 5.69 Å². The van der Waals surface area contributed by atoms with E-state index in [0.717, 1.165) is 6.42 Å². The molecule has 0 fully saturated rings. The number of hydrogen-bond donors (Lipinski definition) is 2. The van der Waals surface area contributed by atoms with Crippen molar-refractivity contribution in [2.75, 3.05) is 5.32 Å². The first-order valence-corrected chi connectivity index (χ1v) is 5.77. The SMILES string of the molecule is CCCCC1(O)C(=O)Nc2ccccc2C1=O. The molecule has 1 aliphatic heterocycles. The van der Waals surface area contributed by atoms with Gasteiger partial charge in [0.2, 0.25) is 11.4 Å². The van der Waals surface area contributed by atoms with Gasteiger partial charge in [-0.05, 0) is 25.0 Å². The van der Waals surface area contributed by atoms with Crippen LogP contribution in [0.1, 0.15) is 36.5 Å². The first-order valence-electron chi connectivity index (χ1n) is 5.77. The van der Waals surface area contributed by atoms with Crippen molar-refractivity contribution in [2.45, 2.75) is 31.8 Å². The Labute approximate surface area is 99.6 Å². The lowest BCUT2D eigenvalue weighted by Gasteiger charge is -2.30. The second-order valence-electron chi connectivity index (χ2n) is 4.29. The van der Waals surface area contributed by atoms with E-state index < -0.39 is 17.3 Å². The van der Waals surface area contributed by atoms with Gasteiger partial charge in [0.05, 0.1) is 5.69 Å². The maximum atomic E-state index is 12.1. The number of Topliss-reactive ketones (excluding diaryl/α,β-unsaturated/α-hetero) is 1. The van der Waals surface area contributed by atoms with Crippen LogP contribution in [0.5, 0.6) is 0 Å². The van der Waals surface area contributed by atoms with Crippen LogP contribution in [0.25, 0.3) is 0 Å². The van der Waals surface area contributed by atoms with Gasteiger partial charge >= 0.3 is 0 Å². The van der Waals surface area contributed by atoms with Gasteiger partial charge in [-0.3, -0.25) is 9.59 Å². The molecule has 0 saturated heterocycles. The number of para-hydroxylation sites is 1. The third kappa shape index (κ3) is 1.85. The van der Waals surface area contributed by atoms with Crippen molar-refractivity contribution in [3.63, 3.8) is 0 Å². The molecule has 1 heterocycles. The summed E-state index contributed by atoms with van der Waals surface area (Å²) < 4.78 is 0. The number of unbranched alkanes of at least 4 members (excludes halogenated alkanes) is 1. The number of nitrogens with one attached hydrogen (secondary N) is 1. The van der Waals surface area contributed by atoms with Gasteiger partial charge in [-0.2, -0.15) is 0 Å². The number of benzene rings is 1. The van der Waals surface area contributed by atoms with Crippen molar-refractivity contribution in [3.8, 4) is 0 Å². The maximum Gasteiger partial charge on any atom is 0.264 e. The Hall–Kier alpha value is -1.68. The Morgan fingerprint density at radius 2 is 2.00 bits per heavy atom. The monoisotopic (exact) mass is 233 g/mol. The normalized spacial score (nSPS) is 23.2. The molecular weight excluding hydrogens is 218 g/mol. The molecule has 90 valence electrons. The first kappa shape index (κ1) is 11.8. The molecule has 0 radical (unpaired) electrons. The average molecular weight is 233 g/mol. The van der Waals surface area contributed by atoms with Crippen LogP contribution < -0.4 is 5.32 Å². The quantitative estimate of drug-likeness (QED) is 0.781. The van der Waals surface area contributed by atoms with E-state index in [4.69, 9.17) is 0 Å².